The molecule has 0 N–H and O–H groups in total. The Morgan fingerprint density at radius 1 is 1.45 bits per heavy atom. The second-order valence-electron chi connectivity index (χ2n) is 5.85. The van der Waals surface area contributed by atoms with Crippen molar-refractivity contribution in [3.05, 3.63) is 34.3 Å². The minimum Gasteiger partial charge on any atom is -0.408 e. The molecule has 2 atom stereocenters. The lowest BCUT2D eigenvalue weighted by Gasteiger charge is -2.18. The number of benzene rings is 1. The van der Waals surface area contributed by atoms with Crippen molar-refractivity contribution in [2.75, 3.05) is 0 Å². The molecule has 1 fully saturated rings. The molecule has 0 amide bonds. The number of hydrogen-bond donors (Lipinski definition) is 0. The number of aromatic nitrogens is 1. The molecule has 3 rings (SSSR count). The van der Waals surface area contributed by atoms with Crippen LogP contribution in [0.4, 0.5) is 0 Å². The summed E-state index contributed by atoms with van der Waals surface area (Å²) in [5.41, 5.74) is 2.81. The average Bonchev–Trinajstić information content (AvgIpc) is 3.24. The normalized spacial score (nSPS) is 18.4. The molecular formula is C16H20BrNO2. The van der Waals surface area contributed by atoms with Crippen molar-refractivity contribution in [1.82, 2.24) is 4.57 Å². The van der Waals surface area contributed by atoms with E-state index in [1.807, 2.05) is 12.1 Å². The Kier molecular flexibility index (Phi) is 3.76. The van der Waals surface area contributed by atoms with Crippen molar-refractivity contribution in [1.29, 1.82) is 0 Å². The first-order chi connectivity index (χ1) is 9.61. The Morgan fingerprint density at radius 3 is 2.85 bits per heavy atom. The van der Waals surface area contributed by atoms with Crippen molar-refractivity contribution >= 4 is 27.0 Å². The van der Waals surface area contributed by atoms with Crippen LogP contribution in [0.25, 0.3) is 11.1 Å². The van der Waals surface area contributed by atoms with E-state index in [0.717, 1.165) is 17.9 Å². The zero-order valence-electron chi connectivity index (χ0n) is 11.9. The van der Waals surface area contributed by atoms with E-state index in [2.05, 4.69) is 35.8 Å². The fourth-order valence-corrected chi connectivity index (χ4v) is 3.57. The van der Waals surface area contributed by atoms with E-state index in [4.69, 9.17) is 4.42 Å². The number of alkyl halides is 1. The minimum atomic E-state index is -0.250. The molecule has 4 heteroatoms. The van der Waals surface area contributed by atoms with Crippen molar-refractivity contribution in [3.8, 4) is 0 Å². The highest BCUT2D eigenvalue weighted by Crippen LogP contribution is 2.46. The van der Waals surface area contributed by atoms with Crippen LogP contribution in [0.3, 0.4) is 0 Å². The third-order valence-corrected chi connectivity index (χ3v) is 5.65. The Hall–Kier alpha value is -1.03. The Morgan fingerprint density at radius 2 is 2.20 bits per heavy atom. The van der Waals surface area contributed by atoms with Crippen LogP contribution in [-0.4, -0.2) is 4.57 Å². The molecular weight excluding hydrogens is 318 g/mol. The average molecular weight is 338 g/mol. The van der Waals surface area contributed by atoms with Crippen LogP contribution in [0.1, 0.15) is 43.5 Å². The third kappa shape index (κ3) is 2.46. The zero-order valence-corrected chi connectivity index (χ0v) is 13.5. The van der Waals surface area contributed by atoms with E-state index in [9.17, 15) is 4.79 Å². The van der Waals surface area contributed by atoms with E-state index in [1.165, 1.54) is 18.4 Å². The van der Waals surface area contributed by atoms with Gasteiger partial charge in [-0.25, -0.2) is 4.79 Å². The van der Waals surface area contributed by atoms with Gasteiger partial charge in [0.05, 0.1) is 5.52 Å². The predicted octanol–water partition coefficient (Wildman–Crippen LogP) is 4.49. The largest absolute Gasteiger partial charge is 0.419 e. The second kappa shape index (κ2) is 5.40. The number of hydrogen-bond acceptors (Lipinski definition) is 2. The molecule has 1 aliphatic carbocycles. The SMILES string of the molecule is CCCn1c(=O)oc2cc(C(Br)C(C)C3CC3)ccc21. The lowest BCUT2D eigenvalue weighted by Crippen LogP contribution is -2.13. The molecule has 0 spiro atoms. The van der Waals surface area contributed by atoms with Crippen molar-refractivity contribution < 1.29 is 4.42 Å². The molecule has 108 valence electrons. The van der Waals surface area contributed by atoms with Crippen LogP contribution in [0.2, 0.25) is 0 Å². The summed E-state index contributed by atoms with van der Waals surface area (Å²) < 4.78 is 7.10. The fraction of sp³-hybridized carbons (Fsp3) is 0.562. The number of rotatable bonds is 5. The molecule has 1 saturated carbocycles. The second-order valence-corrected chi connectivity index (χ2v) is 6.83. The standard InChI is InChI=1S/C16H20BrNO2/c1-3-8-18-13-7-6-12(9-14(13)20-16(18)19)15(17)10(2)11-4-5-11/h6-7,9-11,15H,3-5,8H2,1-2H3. The molecule has 2 aromatic rings. The summed E-state index contributed by atoms with van der Waals surface area (Å²) in [4.78, 5) is 12.2. The van der Waals surface area contributed by atoms with Gasteiger partial charge in [0, 0.05) is 11.4 Å². The number of halogens is 1. The Bertz CT molecular complexity index is 669. The van der Waals surface area contributed by atoms with E-state index in [1.54, 1.807) is 4.57 Å². The van der Waals surface area contributed by atoms with Crippen LogP contribution >= 0.6 is 15.9 Å². The predicted molar refractivity (Wildman–Crippen MR) is 84.3 cm³/mol. The van der Waals surface area contributed by atoms with Gasteiger partial charge in [0.25, 0.3) is 0 Å². The van der Waals surface area contributed by atoms with Gasteiger partial charge in [-0.1, -0.05) is 35.8 Å². The number of nitrogens with zero attached hydrogens (tertiary/aromatic N) is 1. The lowest BCUT2D eigenvalue weighted by atomic mass is 9.96. The zero-order chi connectivity index (χ0) is 14.3. The van der Waals surface area contributed by atoms with Gasteiger partial charge in [0.15, 0.2) is 5.58 Å². The first kappa shape index (κ1) is 13.9. The molecule has 0 bridgehead atoms. The van der Waals surface area contributed by atoms with Gasteiger partial charge in [0.2, 0.25) is 0 Å². The molecule has 0 radical (unpaired) electrons. The minimum absolute atomic E-state index is 0.250. The van der Waals surface area contributed by atoms with Crippen molar-refractivity contribution in [3.63, 3.8) is 0 Å². The van der Waals surface area contributed by atoms with E-state index in [0.29, 0.717) is 22.9 Å². The molecule has 0 saturated heterocycles. The van der Waals surface area contributed by atoms with Gasteiger partial charge in [-0.2, -0.15) is 0 Å². The van der Waals surface area contributed by atoms with Gasteiger partial charge >= 0.3 is 5.76 Å². The van der Waals surface area contributed by atoms with Gasteiger partial charge in [-0.3, -0.25) is 4.57 Å². The van der Waals surface area contributed by atoms with E-state index in [-0.39, 0.29) is 5.76 Å². The van der Waals surface area contributed by atoms with Crippen LogP contribution in [0, 0.1) is 11.8 Å². The molecule has 0 aliphatic heterocycles. The summed E-state index contributed by atoms with van der Waals surface area (Å²) in [7, 11) is 0. The molecule has 1 aliphatic rings. The van der Waals surface area contributed by atoms with Crippen LogP contribution in [-0.2, 0) is 6.54 Å². The quantitative estimate of drug-likeness (QED) is 0.753. The summed E-state index contributed by atoms with van der Waals surface area (Å²) in [5, 5.41) is 0. The maximum atomic E-state index is 11.8. The highest BCUT2D eigenvalue weighted by atomic mass is 79.9. The van der Waals surface area contributed by atoms with Crippen LogP contribution < -0.4 is 5.76 Å². The lowest BCUT2D eigenvalue weighted by molar-refractivity contribution is 0.497. The van der Waals surface area contributed by atoms with Gasteiger partial charge in [-0.15, -0.1) is 0 Å². The van der Waals surface area contributed by atoms with Gasteiger partial charge in [-0.05, 0) is 48.8 Å². The third-order valence-electron chi connectivity index (χ3n) is 4.29. The molecule has 1 heterocycles. The maximum absolute atomic E-state index is 11.8. The number of aryl methyl sites for hydroxylation is 1. The first-order valence-electron chi connectivity index (χ1n) is 7.39. The van der Waals surface area contributed by atoms with Crippen molar-refractivity contribution in [2.24, 2.45) is 11.8 Å². The molecule has 3 nitrogen and oxygen atoms in total. The summed E-state index contributed by atoms with van der Waals surface area (Å²) in [6.45, 7) is 5.06. The topological polar surface area (TPSA) is 35.1 Å². The smallest absolute Gasteiger partial charge is 0.408 e. The summed E-state index contributed by atoms with van der Waals surface area (Å²) in [6, 6.07) is 6.14. The molecule has 2 unspecified atom stereocenters. The molecule has 1 aromatic carbocycles. The number of oxazole rings is 1. The highest BCUT2D eigenvalue weighted by molar-refractivity contribution is 9.09. The van der Waals surface area contributed by atoms with Crippen molar-refractivity contribution in [2.45, 2.75) is 44.5 Å². The fourth-order valence-electron chi connectivity index (χ4n) is 2.85. The highest BCUT2D eigenvalue weighted by Gasteiger charge is 2.33. The Labute approximate surface area is 127 Å². The van der Waals surface area contributed by atoms with Crippen LogP contribution in [0.5, 0.6) is 0 Å². The molecule has 1 aromatic heterocycles. The Balaban J connectivity index is 1.96. The van der Waals surface area contributed by atoms with E-state index < -0.39 is 0 Å². The monoisotopic (exact) mass is 337 g/mol. The van der Waals surface area contributed by atoms with Gasteiger partial charge < -0.3 is 4.42 Å². The maximum Gasteiger partial charge on any atom is 0.419 e. The van der Waals surface area contributed by atoms with Gasteiger partial charge in [0.1, 0.15) is 0 Å². The van der Waals surface area contributed by atoms with Crippen LogP contribution in [0.15, 0.2) is 27.4 Å². The summed E-state index contributed by atoms with van der Waals surface area (Å²) >= 11 is 3.81. The molecule has 20 heavy (non-hydrogen) atoms. The first-order valence-corrected chi connectivity index (χ1v) is 8.30. The number of fused-ring (bicyclic) bond motifs is 1. The summed E-state index contributed by atoms with van der Waals surface area (Å²) in [6.07, 6.45) is 3.61. The summed E-state index contributed by atoms with van der Waals surface area (Å²) in [5.74, 6) is 1.21. The van der Waals surface area contributed by atoms with E-state index >= 15 is 0 Å².